The van der Waals surface area contributed by atoms with Crippen molar-refractivity contribution in [1.29, 1.82) is 0 Å². The van der Waals surface area contributed by atoms with Gasteiger partial charge in [-0.05, 0) is 31.5 Å². The molecule has 0 fully saturated rings. The number of hydrogen-bond acceptors (Lipinski definition) is 4. The molecule has 0 amide bonds. The molecule has 0 aliphatic rings. The van der Waals surface area contributed by atoms with Crippen molar-refractivity contribution in [2.75, 3.05) is 6.61 Å². The first-order chi connectivity index (χ1) is 12.6. The predicted molar refractivity (Wildman–Crippen MR) is 93.6 cm³/mol. The lowest BCUT2D eigenvalue weighted by Crippen LogP contribution is -2.14. The molecule has 0 saturated carbocycles. The van der Waals surface area contributed by atoms with Crippen LogP contribution < -0.4 is 5.56 Å². The zero-order valence-electron chi connectivity index (χ0n) is 15.0. The lowest BCUT2D eigenvalue weighted by Gasteiger charge is -2.15. The topological polar surface area (TPSA) is 83.8 Å². The summed E-state index contributed by atoms with van der Waals surface area (Å²) in [5.74, 6) is 0.00984. The van der Waals surface area contributed by atoms with Crippen molar-refractivity contribution in [3.63, 3.8) is 0 Å². The Morgan fingerprint density at radius 2 is 1.85 bits per heavy atom. The second-order valence-electron chi connectivity index (χ2n) is 6.56. The number of fused-ring (bicyclic) bond motifs is 1. The van der Waals surface area contributed by atoms with Gasteiger partial charge in [0.1, 0.15) is 11.2 Å². The Morgan fingerprint density at radius 3 is 2.41 bits per heavy atom. The van der Waals surface area contributed by atoms with Crippen molar-refractivity contribution in [1.82, 2.24) is 19.7 Å². The van der Waals surface area contributed by atoms with Gasteiger partial charge < -0.3 is 10.1 Å². The number of nitrogens with zero attached hydrogens (tertiary/aromatic N) is 3. The number of aryl methyl sites for hydroxylation is 1. The lowest BCUT2D eigenvalue weighted by atomic mass is 10.1. The molecule has 2 N–H and O–H groups in total. The summed E-state index contributed by atoms with van der Waals surface area (Å²) in [6.07, 6.45) is -4.41. The van der Waals surface area contributed by atoms with Crippen LogP contribution in [0.25, 0.3) is 11.0 Å². The molecule has 0 saturated heterocycles. The Bertz CT molecular complexity index is 1020. The number of aromatic nitrogens is 4. The third kappa shape index (κ3) is 3.46. The van der Waals surface area contributed by atoms with Gasteiger partial charge in [0.25, 0.3) is 5.56 Å². The summed E-state index contributed by atoms with van der Waals surface area (Å²) in [5, 5.41) is 14.2. The summed E-state index contributed by atoms with van der Waals surface area (Å²) in [5.41, 5.74) is 0.233. The van der Waals surface area contributed by atoms with Crippen molar-refractivity contribution in [3.8, 4) is 0 Å². The van der Waals surface area contributed by atoms with E-state index in [4.69, 9.17) is 0 Å². The van der Waals surface area contributed by atoms with E-state index in [1.165, 1.54) is 16.8 Å². The fourth-order valence-electron chi connectivity index (χ4n) is 2.97. The number of alkyl halides is 3. The normalized spacial score (nSPS) is 14.5. The number of H-pyrrole nitrogens is 1. The van der Waals surface area contributed by atoms with E-state index in [9.17, 15) is 23.1 Å². The molecular formula is C18H19F3N4O2. The second kappa shape index (κ2) is 6.80. The van der Waals surface area contributed by atoms with Crippen LogP contribution >= 0.6 is 0 Å². The molecule has 2 heterocycles. The highest BCUT2D eigenvalue weighted by molar-refractivity contribution is 5.78. The standard InChI is InChI=1S/C18H19F3N4O2/c1-9(8-26)15-14-16(22-11(3)23-17(14)27)25(24-15)10(2)12-4-6-13(7-5-12)18(19,20)21/h4-7,9-10,26H,8H2,1-3H3,(H,22,23,27)/t9-,10-/m0/s1. The van der Waals surface area contributed by atoms with Gasteiger partial charge in [0.15, 0.2) is 5.65 Å². The summed E-state index contributed by atoms with van der Waals surface area (Å²) in [4.78, 5) is 19.4. The highest BCUT2D eigenvalue weighted by Crippen LogP contribution is 2.31. The minimum atomic E-state index is -4.41. The number of hydrogen-bond donors (Lipinski definition) is 2. The molecule has 0 bridgehead atoms. The van der Waals surface area contributed by atoms with E-state index in [0.717, 1.165) is 12.1 Å². The fraction of sp³-hybridized carbons (Fsp3) is 0.389. The SMILES string of the molecule is Cc1nc2c(c([C@@H](C)CO)nn2[C@@H](C)c2ccc(C(F)(F)F)cc2)c(=O)[nH]1. The van der Waals surface area contributed by atoms with Gasteiger partial charge >= 0.3 is 6.18 Å². The number of aliphatic hydroxyl groups is 1. The molecule has 0 spiro atoms. The number of benzene rings is 1. The van der Waals surface area contributed by atoms with Gasteiger partial charge in [0.05, 0.1) is 23.9 Å². The van der Waals surface area contributed by atoms with Gasteiger partial charge in [-0.25, -0.2) is 9.67 Å². The van der Waals surface area contributed by atoms with Crippen molar-refractivity contribution < 1.29 is 18.3 Å². The largest absolute Gasteiger partial charge is 0.416 e. The van der Waals surface area contributed by atoms with E-state index >= 15 is 0 Å². The molecule has 6 nitrogen and oxygen atoms in total. The zero-order chi connectivity index (χ0) is 19.9. The lowest BCUT2D eigenvalue weighted by molar-refractivity contribution is -0.137. The molecule has 27 heavy (non-hydrogen) atoms. The predicted octanol–water partition coefficient (Wildman–Crippen LogP) is 3.15. The monoisotopic (exact) mass is 380 g/mol. The van der Waals surface area contributed by atoms with Crippen LogP contribution in [0, 0.1) is 6.92 Å². The number of aromatic amines is 1. The summed E-state index contributed by atoms with van der Waals surface area (Å²) in [7, 11) is 0. The number of halogens is 3. The quantitative estimate of drug-likeness (QED) is 0.728. The molecular weight excluding hydrogens is 361 g/mol. The molecule has 2 aromatic heterocycles. The molecule has 0 radical (unpaired) electrons. The van der Waals surface area contributed by atoms with Crippen LogP contribution in [0.4, 0.5) is 13.2 Å². The van der Waals surface area contributed by atoms with E-state index in [0.29, 0.717) is 22.7 Å². The van der Waals surface area contributed by atoms with Crippen LogP contribution in [-0.2, 0) is 6.18 Å². The van der Waals surface area contributed by atoms with Gasteiger partial charge in [-0.3, -0.25) is 4.79 Å². The van der Waals surface area contributed by atoms with Gasteiger partial charge in [-0.15, -0.1) is 0 Å². The molecule has 0 unspecified atom stereocenters. The first-order valence-corrected chi connectivity index (χ1v) is 8.40. The minimum absolute atomic E-state index is 0.200. The van der Waals surface area contributed by atoms with Gasteiger partial charge in [0.2, 0.25) is 0 Å². The Balaban J connectivity index is 2.14. The first kappa shape index (κ1) is 19.1. The smallest absolute Gasteiger partial charge is 0.396 e. The van der Waals surface area contributed by atoms with Crippen LogP contribution in [0.2, 0.25) is 0 Å². The van der Waals surface area contributed by atoms with Crippen LogP contribution in [0.15, 0.2) is 29.1 Å². The van der Waals surface area contributed by atoms with Gasteiger partial charge in [-0.2, -0.15) is 18.3 Å². The van der Waals surface area contributed by atoms with Crippen LogP contribution in [0.1, 0.15) is 48.5 Å². The summed E-state index contributed by atoms with van der Waals surface area (Å²) in [6.45, 7) is 4.93. The molecule has 3 rings (SSSR count). The number of aliphatic hydroxyl groups excluding tert-OH is 1. The maximum absolute atomic E-state index is 12.8. The molecule has 3 aromatic rings. The first-order valence-electron chi connectivity index (χ1n) is 8.40. The van der Waals surface area contributed by atoms with Crippen LogP contribution in [0.3, 0.4) is 0 Å². The van der Waals surface area contributed by atoms with Crippen molar-refractivity contribution >= 4 is 11.0 Å². The summed E-state index contributed by atoms with van der Waals surface area (Å²) in [6, 6.07) is 4.34. The van der Waals surface area contributed by atoms with Crippen molar-refractivity contribution in [2.24, 2.45) is 0 Å². The Kier molecular flexibility index (Phi) is 4.81. The average molecular weight is 380 g/mol. The Morgan fingerprint density at radius 1 is 1.22 bits per heavy atom. The Hall–Kier alpha value is -2.68. The summed E-state index contributed by atoms with van der Waals surface area (Å²) < 4.78 is 39.9. The van der Waals surface area contributed by atoms with Gasteiger partial charge in [-0.1, -0.05) is 19.1 Å². The van der Waals surface area contributed by atoms with E-state index in [1.807, 2.05) is 0 Å². The Labute approximate surface area is 152 Å². The molecule has 2 atom stereocenters. The third-order valence-corrected chi connectivity index (χ3v) is 4.54. The zero-order valence-corrected chi connectivity index (χ0v) is 15.0. The fourth-order valence-corrected chi connectivity index (χ4v) is 2.97. The second-order valence-corrected chi connectivity index (χ2v) is 6.56. The minimum Gasteiger partial charge on any atom is -0.396 e. The van der Waals surface area contributed by atoms with E-state index in [-0.39, 0.29) is 23.5 Å². The van der Waals surface area contributed by atoms with Crippen molar-refractivity contribution in [3.05, 3.63) is 57.3 Å². The molecule has 9 heteroatoms. The number of rotatable bonds is 4. The maximum atomic E-state index is 12.8. The highest BCUT2D eigenvalue weighted by atomic mass is 19.4. The molecule has 0 aliphatic heterocycles. The number of nitrogens with one attached hydrogen (secondary N) is 1. The maximum Gasteiger partial charge on any atom is 0.416 e. The average Bonchev–Trinajstić information content (AvgIpc) is 2.99. The molecule has 0 aliphatic carbocycles. The van der Waals surface area contributed by atoms with E-state index in [1.54, 1.807) is 20.8 Å². The van der Waals surface area contributed by atoms with Crippen molar-refractivity contribution in [2.45, 2.75) is 38.9 Å². The highest BCUT2D eigenvalue weighted by Gasteiger charge is 2.30. The van der Waals surface area contributed by atoms with Gasteiger partial charge in [0, 0.05) is 5.92 Å². The van der Waals surface area contributed by atoms with Crippen LogP contribution in [0.5, 0.6) is 0 Å². The third-order valence-electron chi connectivity index (χ3n) is 4.54. The van der Waals surface area contributed by atoms with E-state index in [2.05, 4.69) is 15.1 Å². The van der Waals surface area contributed by atoms with Crippen LogP contribution in [-0.4, -0.2) is 31.5 Å². The molecule has 1 aromatic carbocycles. The summed E-state index contributed by atoms with van der Waals surface area (Å²) >= 11 is 0. The molecule has 144 valence electrons. The van der Waals surface area contributed by atoms with E-state index < -0.39 is 17.8 Å².